The molecule has 0 bridgehead atoms. The zero-order valence-corrected chi connectivity index (χ0v) is 11.9. The summed E-state index contributed by atoms with van der Waals surface area (Å²) in [6.45, 7) is 4.29. The van der Waals surface area contributed by atoms with Crippen LogP contribution in [0, 0.1) is 11.7 Å². The molecule has 0 saturated heterocycles. The molecule has 2 heterocycles. The molecule has 2 nitrogen and oxygen atoms in total. The van der Waals surface area contributed by atoms with Crippen LogP contribution in [0.4, 0.5) is 0 Å². The molecule has 0 aliphatic carbocycles. The van der Waals surface area contributed by atoms with Crippen LogP contribution in [-0.2, 0) is 0 Å². The van der Waals surface area contributed by atoms with Crippen molar-refractivity contribution in [3.05, 3.63) is 50.9 Å². The van der Waals surface area contributed by atoms with Gasteiger partial charge in [-0.15, -0.1) is 0 Å². The molecule has 0 aliphatic rings. The normalized spacial score (nSPS) is 13.0. The van der Waals surface area contributed by atoms with Gasteiger partial charge < -0.3 is 9.55 Å². The summed E-state index contributed by atoms with van der Waals surface area (Å²) in [6.07, 6.45) is 0. The van der Waals surface area contributed by atoms with E-state index in [1.165, 1.54) is 16.6 Å². The van der Waals surface area contributed by atoms with Crippen LogP contribution in [0.2, 0.25) is 0 Å². The number of benzene rings is 1. The monoisotopic (exact) mass is 274 g/mol. The molecule has 0 radical (unpaired) electrons. The van der Waals surface area contributed by atoms with Crippen molar-refractivity contribution in [1.29, 1.82) is 0 Å². The third kappa shape index (κ3) is 1.72. The number of rotatable bonds is 2. The van der Waals surface area contributed by atoms with Gasteiger partial charge in [0.2, 0.25) is 0 Å². The van der Waals surface area contributed by atoms with E-state index in [-0.39, 0.29) is 6.04 Å². The lowest BCUT2D eigenvalue weighted by Gasteiger charge is -2.13. The average Bonchev–Trinajstić information content (AvgIpc) is 2.96. The molecule has 0 spiro atoms. The first-order valence-electron chi connectivity index (χ1n) is 5.90. The number of fused-ring (bicyclic) bond motifs is 1. The molecule has 3 rings (SSSR count). The Balaban J connectivity index is 2.26. The molecular formula is C14H14N2S2. The predicted octanol–water partition coefficient (Wildman–Crippen LogP) is 4.68. The van der Waals surface area contributed by atoms with E-state index in [9.17, 15) is 0 Å². The molecule has 92 valence electrons. The summed E-state index contributed by atoms with van der Waals surface area (Å²) in [5.41, 5.74) is 4.86. The van der Waals surface area contributed by atoms with Crippen molar-refractivity contribution < 1.29 is 0 Å². The lowest BCUT2D eigenvalue weighted by atomic mass is 10.1. The van der Waals surface area contributed by atoms with E-state index < -0.39 is 0 Å². The Labute approximate surface area is 115 Å². The molecule has 1 N–H and O–H groups in total. The molecular weight excluding hydrogens is 260 g/mol. The van der Waals surface area contributed by atoms with Crippen LogP contribution < -0.4 is 0 Å². The van der Waals surface area contributed by atoms with E-state index >= 15 is 0 Å². The van der Waals surface area contributed by atoms with E-state index in [0.29, 0.717) is 0 Å². The third-order valence-corrected chi connectivity index (χ3v) is 4.37. The van der Waals surface area contributed by atoms with Gasteiger partial charge in [0.1, 0.15) is 0 Å². The van der Waals surface area contributed by atoms with Crippen molar-refractivity contribution in [3.63, 3.8) is 0 Å². The second-order valence-electron chi connectivity index (χ2n) is 4.50. The quantitative estimate of drug-likeness (QED) is 0.673. The van der Waals surface area contributed by atoms with E-state index in [4.69, 9.17) is 12.2 Å². The summed E-state index contributed by atoms with van der Waals surface area (Å²) in [7, 11) is 0. The topological polar surface area (TPSA) is 20.7 Å². The van der Waals surface area contributed by atoms with Crippen molar-refractivity contribution in [2.45, 2.75) is 19.9 Å². The Morgan fingerprint density at radius 3 is 2.89 bits per heavy atom. The van der Waals surface area contributed by atoms with Gasteiger partial charge in [0.15, 0.2) is 4.77 Å². The predicted molar refractivity (Wildman–Crippen MR) is 80.0 cm³/mol. The van der Waals surface area contributed by atoms with Gasteiger partial charge in [-0.2, -0.15) is 11.3 Å². The van der Waals surface area contributed by atoms with Gasteiger partial charge in [0.25, 0.3) is 0 Å². The highest BCUT2D eigenvalue weighted by atomic mass is 32.1. The molecule has 0 saturated carbocycles. The Kier molecular flexibility index (Phi) is 2.84. The van der Waals surface area contributed by atoms with E-state index in [1.54, 1.807) is 11.3 Å². The number of aromatic nitrogens is 2. The van der Waals surface area contributed by atoms with Gasteiger partial charge >= 0.3 is 0 Å². The maximum absolute atomic E-state index is 5.47. The van der Waals surface area contributed by atoms with Gasteiger partial charge in [-0.05, 0) is 60.1 Å². The van der Waals surface area contributed by atoms with Crippen LogP contribution >= 0.6 is 23.6 Å². The Bertz CT molecular complexity index is 735. The van der Waals surface area contributed by atoms with E-state index in [2.05, 4.69) is 58.4 Å². The lowest BCUT2D eigenvalue weighted by Crippen LogP contribution is -2.05. The molecule has 4 heteroatoms. The SMILES string of the molecule is Cc1cccc2c1[nH]c(=S)n2C(C)c1ccsc1. The first-order valence-corrected chi connectivity index (χ1v) is 7.25. The van der Waals surface area contributed by atoms with Crippen LogP contribution in [0.15, 0.2) is 35.0 Å². The van der Waals surface area contributed by atoms with Crippen molar-refractivity contribution in [2.75, 3.05) is 0 Å². The first kappa shape index (κ1) is 11.7. The number of aromatic amines is 1. The standard InChI is InChI=1S/C14H14N2S2/c1-9-4-3-5-12-13(9)15-14(17)16(12)10(2)11-6-7-18-8-11/h3-8,10H,1-2H3,(H,15,17). The Morgan fingerprint density at radius 2 is 2.17 bits per heavy atom. The van der Waals surface area contributed by atoms with Crippen LogP contribution in [0.1, 0.15) is 24.1 Å². The molecule has 1 aromatic carbocycles. The fourth-order valence-electron chi connectivity index (χ4n) is 2.34. The highest BCUT2D eigenvalue weighted by molar-refractivity contribution is 7.71. The minimum absolute atomic E-state index is 0.263. The Morgan fingerprint density at radius 1 is 1.33 bits per heavy atom. The molecule has 1 unspecified atom stereocenters. The molecule has 3 aromatic rings. The number of imidazole rings is 1. The van der Waals surface area contributed by atoms with Gasteiger partial charge in [0.05, 0.1) is 17.1 Å². The molecule has 0 amide bonds. The number of thiophene rings is 1. The maximum atomic E-state index is 5.47. The van der Waals surface area contributed by atoms with Crippen molar-refractivity contribution in [1.82, 2.24) is 9.55 Å². The van der Waals surface area contributed by atoms with Crippen molar-refractivity contribution in [3.8, 4) is 0 Å². The number of H-pyrrole nitrogens is 1. The zero-order chi connectivity index (χ0) is 12.7. The van der Waals surface area contributed by atoms with Crippen molar-refractivity contribution in [2.24, 2.45) is 0 Å². The van der Waals surface area contributed by atoms with Crippen LogP contribution in [0.3, 0.4) is 0 Å². The smallest absolute Gasteiger partial charge is 0.178 e. The molecule has 18 heavy (non-hydrogen) atoms. The fourth-order valence-corrected chi connectivity index (χ4v) is 3.44. The molecule has 2 aromatic heterocycles. The largest absolute Gasteiger partial charge is 0.330 e. The summed E-state index contributed by atoms with van der Waals surface area (Å²) in [5.74, 6) is 0. The first-order chi connectivity index (χ1) is 8.68. The van der Waals surface area contributed by atoms with E-state index in [0.717, 1.165) is 10.3 Å². The zero-order valence-electron chi connectivity index (χ0n) is 10.3. The second-order valence-corrected chi connectivity index (χ2v) is 5.67. The average molecular weight is 274 g/mol. The van der Waals surface area contributed by atoms with Gasteiger partial charge in [0, 0.05) is 0 Å². The van der Waals surface area contributed by atoms with E-state index in [1.807, 2.05) is 0 Å². The van der Waals surface area contributed by atoms with Crippen LogP contribution in [0.25, 0.3) is 11.0 Å². The maximum Gasteiger partial charge on any atom is 0.178 e. The summed E-state index contributed by atoms with van der Waals surface area (Å²) < 4.78 is 2.98. The second kappa shape index (κ2) is 4.37. The van der Waals surface area contributed by atoms with Crippen LogP contribution in [-0.4, -0.2) is 9.55 Å². The Hall–Kier alpha value is -1.39. The number of nitrogens with zero attached hydrogens (tertiary/aromatic N) is 1. The van der Waals surface area contributed by atoms with Crippen molar-refractivity contribution >= 4 is 34.6 Å². The number of hydrogen-bond donors (Lipinski definition) is 1. The highest BCUT2D eigenvalue weighted by Gasteiger charge is 2.13. The van der Waals surface area contributed by atoms with Gasteiger partial charge in [-0.25, -0.2) is 0 Å². The minimum atomic E-state index is 0.263. The summed E-state index contributed by atoms with van der Waals surface area (Å²) in [5, 5.41) is 4.29. The number of aryl methyl sites for hydroxylation is 1. The molecule has 1 atom stereocenters. The number of nitrogens with one attached hydrogen (secondary N) is 1. The number of hydrogen-bond acceptors (Lipinski definition) is 2. The van der Waals surface area contributed by atoms with Crippen LogP contribution in [0.5, 0.6) is 0 Å². The highest BCUT2D eigenvalue weighted by Crippen LogP contribution is 2.26. The number of para-hydroxylation sites is 1. The van der Waals surface area contributed by atoms with Gasteiger partial charge in [-0.3, -0.25) is 0 Å². The lowest BCUT2D eigenvalue weighted by molar-refractivity contribution is 0.651. The fraction of sp³-hybridized carbons (Fsp3) is 0.214. The summed E-state index contributed by atoms with van der Waals surface area (Å²) in [6, 6.07) is 8.73. The summed E-state index contributed by atoms with van der Waals surface area (Å²) in [4.78, 5) is 3.32. The summed E-state index contributed by atoms with van der Waals surface area (Å²) >= 11 is 7.20. The molecule has 0 aliphatic heterocycles. The van der Waals surface area contributed by atoms with Gasteiger partial charge in [-0.1, -0.05) is 12.1 Å². The third-order valence-electron chi connectivity index (χ3n) is 3.37. The molecule has 0 fully saturated rings. The minimum Gasteiger partial charge on any atom is -0.330 e.